The predicted molar refractivity (Wildman–Crippen MR) is 134 cm³/mol. The molecule has 1 aromatic carbocycles. The standard InChI is InChI=1S/C23H29N7OS2/c1-5-19(22-25-26-27-30(22)14-17-7-6-12-32-17)28-8-10-29(11-9-28)23-24-18-13-15(2)16(3)20(31-4)21(18)33-23/h6-7,12-13,19H,5,8-11,14H2,1-4H3. The van der Waals surface area contributed by atoms with Gasteiger partial charge in [0.15, 0.2) is 11.0 Å². The number of fused-ring (bicyclic) bond motifs is 1. The lowest BCUT2D eigenvalue weighted by Gasteiger charge is -2.38. The maximum Gasteiger partial charge on any atom is 0.186 e. The van der Waals surface area contributed by atoms with Crippen molar-refractivity contribution in [3.8, 4) is 5.75 Å². The summed E-state index contributed by atoms with van der Waals surface area (Å²) in [6, 6.07) is 6.58. The van der Waals surface area contributed by atoms with Crippen molar-refractivity contribution >= 4 is 38.0 Å². The first-order chi connectivity index (χ1) is 16.1. The van der Waals surface area contributed by atoms with Crippen molar-refractivity contribution in [3.63, 3.8) is 0 Å². The van der Waals surface area contributed by atoms with E-state index in [4.69, 9.17) is 9.72 Å². The minimum Gasteiger partial charge on any atom is -0.495 e. The second-order valence-corrected chi connectivity index (χ2v) is 10.4. The van der Waals surface area contributed by atoms with Gasteiger partial charge in [-0.25, -0.2) is 9.67 Å². The molecule has 174 valence electrons. The molecule has 0 spiro atoms. The number of thiophene rings is 1. The molecule has 0 amide bonds. The molecule has 0 saturated carbocycles. The zero-order valence-electron chi connectivity index (χ0n) is 19.5. The first-order valence-electron chi connectivity index (χ1n) is 11.3. The van der Waals surface area contributed by atoms with Crippen LogP contribution in [0.2, 0.25) is 0 Å². The third kappa shape index (κ3) is 4.22. The van der Waals surface area contributed by atoms with Crippen molar-refractivity contribution in [2.75, 3.05) is 38.2 Å². The number of aromatic nitrogens is 5. The number of tetrazole rings is 1. The summed E-state index contributed by atoms with van der Waals surface area (Å²) in [5, 5.41) is 15.8. The smallest absolute Gasteiger partial charge is 0.186 e. The number of aryl methyl sites for hydroxylation is 1. The Bertz CT molecular complexity index is 1230. The van der Waals surface area contributed by atoms with Crippen LogP contribution in [0, 0.1) is 13.8 Å². The number of hydrogen-bond acceptors (Lipinski definition) is 9. The summed E-state index contributed by atoms with van der Waals surface area (Å²) in [4.78, 5) is 11.1. The topological polar surface area (TPSA) is 72.2 Å². The highest BCUT2D eigenvalue weighted by atomic mass is 32.1. The van der Waals surface area contributed by atoms with Gasteiger partial charge in [-0.1, -0.05) is 24.3 Å². The normalized spacial score (nSPS) is 15.9. The van der Waals surface area contributed by atoms with Crippen molar-refractivity contribution in [1.82, 2.24) is 30.1 Å². The summed E-state index contributed by atoms with van der Waals surface area (Å²) in [6.07, 6.45) is 0.974. The molecule has 10 heteroatoms. The van der Waals surface area contributed by atoms with Crippen molar-refractivity contribution in [3.05, 3.63) is 45.4 Å². The van der Waals surface area contributed by atoms with Gasteiger partial charge in [0.1, 0.15) is 5.75 Å². The van der Waals surface area contributed by atoms with Crippen LogP contribution in [0.3, 0.4) is 0 Å². The second kappa shape index (κ2) is 9.36. The van der Waals surface area contributed by atoms with Gasteiger partial charge in [0.2, 0.25) is 0 Å². The van der Waals surface area contributed by atoms with Gasteiger partial charge in [-0.3, -0.25) is 4.90 Å². The van der Waals surface area contributed by atoms with E-state index >= 15 is 0 Å². The van der Waals surface area contributed by atoms with E-state index in [1.807, 2.05) is 4.68 Å². The van der Waals surface area contributed by atoms with Gasteiger partial charge < -0.3 is 9.64 Å². The Labute approximate surface area is 201 Å². The average molecular weight is 484 g/mol. The average Bonchev–Trinajstić information content (AvgIpc) is 3.58. The molecule has 1 saturated heterocycles. The number of thiazole rings is 1. The largest absolute Gasteiger partial charge is 0.495 e. The number of methoxy groups -OCH3 is 1. The summed E-state index contributed by atoms with van der Waals surface area (Å²) < 4.78 is 8.81. The molecule has 8 nitrogen and oxygen atoms in total. The van der Waals surface area contributed by atoms with Crippen molar-refractivity contribution < 1.29 is 4.74 Å². The third-order valence-corrected chi connectivity index (χ3v) is 8.49. The molecule has 0 radical (unpaired) electrons. The van der Waals surface area contributed by atoms with Crippen LogP contribution in [-0.4, -0.2) is 63.4 Å². The highest BCUT2D eigenvalue weighted by Gasteiger charge is 2.29. The third-order valence-electron chi connectivity index (χ3n) is 6.49. The van der Waals surface area contributed by atoms with Crippen LogP contribution < -0.4 is 9.64 Å². The van der Waals surface area contributed by atoms with Crippen LogP contribution in [0.1, 0.15) is 41.2 Å². The zero-order chi connectivity index (χ0) is 22.9. The minimum atomic E-state index is 0.211. The molecule has 4 heterocycles. The Hall–Kier alpha value is -2.56. The lowest BCUT2D eigenvalue weighted by atomic mass is 10.1. The lowest BCUT2D eigenvalue weighted by Crippen LogP contribution is -2.48. The van der Waals surface area contributed by atoms with E-state index in [0.717, 1.165) is 66.1 Å². The number of piperazine rings is 1. The SMILES string of the molecule is CCC(c1nnnn1Cc1cccs1)N1CCN(c2nc3cc(C)c(C)c(OC)c3s2)CC1. The summed E-state index contributed by atoms with van der Waals surface area (Å²) >= 11 is 3.47. The fourth-order valence-electron chi connectivity index (χ4n) is 4.57. The summed E-state index contributed by atoms with van der Waals surface area (Å²) in [6.45, 7) is 10.9. The molecule has 1 atom stereocenters. The zero-order valence-corrected chi connectivity index (χ0v) is 21.1. The van der Waals surface area contributed by atoms with E-state index in [9.17, 15) is 0 Å². The molecule has 4 aromatic rings. The summed E-state index contributed by atoms with van der Waals surface area (Å²) in [5.41, 5.74) is 3.43. The number of hydrogen-bond donors (Lipinski definition) is 0. The first kappa shape index (κ1) is 22.2. The number of rotatable bonds is 7. The Morgan fingerprint density at radius 1 is 1.18 bits per heavy atom. The van der Waals surface area contributed by atoms with E-state index in [-0.39, 0.29) is 6.04 Å². The molecular weight excluding hydrogens is 454 g/mol. The summed E-state index contributed by atoms with van der Waals surface area (Å²) in [7, 11) is 1.75. The van der Waals surface area contributed by atoms with Gasteiger partial charge in [-0.05, 0) is 59.3 Å². The lowest BCUT2D eigenvalue weighted by molar-refractivity contribution is 0.169. The summed E-state index contributed by atoms with van der Waals surface area (Å²) in [5.74, 6) is 1.91. The monoisotopic (exact) mass is 483 g/mol. The van der Waals surface area contributed by atoms with Crippen molar-refractivity contribution in [1.29, 1.82) is 0 Å². The maximum atomic E-state index is 5.72. The molecule has 0 bridgehead atoms. The molecule has 1 unspecified atom stereocenters. The van der Waals surface area contributed by atoms with Crippen LogP contribution in [0.5, 0.6) is 5.75 Å². The Morgan fingerprint density at radius 2 is 2.00 bits per heavy atom. The van der Waals surface area contributed by atoms with Gasteiger partial charge in [-0.2, -0.15) is 0 Å². The fourth-order valence-corrected chi connectivity index (χ4v) is 6.43. The van der Waals surface area contributed by atoms with Gasteiger partial charge in [-0.15, -0.1) is 16.4 Å². The van der Waals surface area contributed by atoms with Crippen molar-refractivity contribution in [2.45, 2.75) is 39.8 Å². The molecule has 5 rings (SSSR count). The van der Waals surface area contributed by atoms with Gasteiger partial charge in [0.25, 0.3) is 0 Å². The molecule has 33 heavy (non-hydrogen) atoms. The van der Waals surface area contributed by atoms with E-state index in [2.05, 4.69) is 69.7 Å². The van der Waals surface area contributed by atoms with Crippen LogP contribution >= 0.6 is 22.7 Å². The van der Waals surface area contributed by atoms with E-state index in [1.165, 1.54) is 16.0 Å². The number of nitrogens with zero attached hydrogens (tertiary/aromatic N) is 7. The molecule has 1 aliphatic rings. The molecule has 1 aliphatic heterocycles. The number of benzene rings is 1. The predicted octanol–water partition coefficient (Wildman–Crippen LogP) is 4.29. The van der Waals surface area contributed by atoms with Gasteiger partial charge >= 0.3 is 0 Å². The number of anilines is 1. The minimum absolute atomic E-state index is 0.211. The molecule has 0 N–H and O–H groups in total. The molecule has 0 aliphatic carbocycles. The van der Waals surface area contributed by atoms with E-state index in [0.29, 0.717) is 0 Å². The highest BCUT2D eigenvalue weighted by Crippen LogP contribution is 2.39. The molecular formula is C23H29N7OS2. The van der Waals surface area contributed by atoms with Gasteiger partial charge in [0, 0.05) is 31.1 Å². The molecule has 3 aromatic heterocycles. The van der Waals surface area contributed by atoms with Crippen LogP contribution in [0.25, 0.3) is 10.2 Å². The Kier molecular flexibility index (Phi) is 6.31. The fraction of sp³-hybridized carbons (Fsp3) is 0.478. The van der Waals surface area contributed by atoms with Crippen LogP contribution in [0.15, 0.2) is 23.6 Å². The first-order valence-corrected chi connectivity index (χ1v) is 13.0. The second-order valence-electron chi connectivity index (χ2n) is 8.42. The Balaban J connectivity index is 1.31. The number of ether oxygens (including phenoxy) is 1. The Morgan fingerprint density at radius 3 is 2.70 bits per heavy atom. The van der Waals surface area contributed by atoms with Gasteiger partial charge in [0.05, 0.1) is 29.9 Å². The molecule has 1 fully saturated rings. The quantitative estimate of drug-likeness (QED) is 0.388. The highest BCUT2D eigenvalue weighted by molar-refractivity contribution is 7.22. The van der Waals surface area contributed by atoms with Crippen LogP contribution in [0.4, 0.5) is 5.13 Å². The van der Waals surface area contributed by atoms with Crippen molar-refractivity contribution in [2.24, 2.45) is 0 Å². The van der Waals surface area contributed by atoms with E-state index in [1.54, 1.807) is 29.8 Å². The van der Waals surface area contributed by atoms with Crippen LogP contribution in [-0.2, 0) is 6.54 Å². The maximum absolute atomic E-state index is 5.72. The van der Waals surface area contributed by atoms with E-state index < -0.39 is 0 Å².